The van der Waals surface area contributed by atoms with Crippen molar-refractivity contribution in [3.05, 3.63) is 57.8 Å². The lowest BCUT2D eigenvalue weighted by Crippen LogP contribution is -2.11. The highest BCUT2D eigenvalue weighted by molar-refractivity contribution is 9.10. The highest BCUT2D eigenvalue weighted by Gasteiger charge is 2.09. The number of anilines is 1. The van der Waals surface area contributed by atoms with Crippen molar-refractivity contribution in [1.82, 2.24) is 0 Å². The predicted octanol–water partition coefficient (Wildman–Crippen LogP) is 3.85. The summed E-state index contributed by atoms with van der Waals surface area (Å²) in [5.41, 5.74) is 1.56. The molecule has 0 heterocycles. The average molecular weight is 324 g/mol. The molecule has 1 amide bonds. The number of rotatable bonds is 2. The molecule has 0 atom stereocenters. The molecule has 3 nitrogen and oxygen atoms in total. The summed E-state index contributed by atoms with van der Waals surface area (Å²) in [7, 11) is 0. The van der Waals surface area contributed by atoms with Crippen LogP contribution in [0.1, 0.15) is 15.9 Å². The largest absolute Gasteiger partial charge is 0.506 e. The summed E-state index contributed by atoms with van der Waals surface area (Å²) in [6.07, 6.45) is 0. The molecule has 0 saturated carbocycles. The molecule has 2 aromatic carbocycles. The summed E-state index contributed by atoms with van der Waals surface area (Å²) in [6.45, 7) is 1.73. The van der Waals surface area contributed by atoms with Gasteiger partial charge in [0.2, 0.25) is 0 Å². The zero-order valence-electron chi connectivity index (χ0n) is 10.1. The smallest absolute Gasteiger partial charge is 0.255 e. The van der Waals surface area contributed by atoms with Crippen molar-refractivity contribution in [2.24, 2.45) is 0 Å². The Hall–Kier alpha value is -1.88. The van der Waals surface area contributed by atoms with Gasteiger partial charge in [-0.2, -0.15) is 0 Å². The SMILES string of the molecule is Cc1cc(NC(=O)c2ccc(F)cc2)cc(Br)c1O. The first-order valence-electron chi connectivity index (χ1n) is 5.53. The number of phenolic OH excluding ortho intramolecular Hbond substituents is 1. The Kier molecular flexibility index (Phi) is 3.85. The number of amides is 1. The Morgan fingerprint density at radius 2 is 1.89 bits per heavy atom. The van der Waals surface area contributed by atoms with E-state index < -0.39 is 0 Å². The van der Waals surface area contributed by atoms with Gasteiger partial charge in [0.25, 0.3) is 5.91 Å². The predicted molar refractivity (Wildman–Crippen MR) is 74.9 cm³/mol. The van der Waals surface area contributed by atoms with Crippen LogP contribution in [0.5, 0.6) is 5.75 Å². The molecule has 0 unspecified atom stereocenters. The first-order chi connectivity index (χ1) is 8.97. The third-order valence-electron chi connectivity index (χ3n) is 2.62. The van der Waals surface area contributed by atoms with E-state index in [0.717, 1.165) is 0 Å². The van der Waals surface area contributed by atoms with Crippen LogP contribution in [0.3, 0.4) is 0 Å². The Labute approximate surface area is 118 Å². The van der Waals surface area contributed by atoms with Crippen LogP contribution in [0.15, 0.2) is 40.9 Å². The van der Waals surface area contributed by atoms with E-state index in [1.807, 2.05) is 0 Å². The molecule has 19 heavy (non-hydrogen) atoms. The average Bonchev–Trinajstić information content (AvgIpc) is 2.36. The number of nitrogens with one attached hydrogen (secondary N) is 1. The van der Waals surface area contributed by atoms with Gasteiger partial charge in [-0.25, -0.2) is 4.39 Å². The fourth-order valence-electron chi connectivity index (χ4n) is 1.61. The van der Waals surface area contributed by atoms with E-state index >= 15 is 0 Å². The topological polar surface area (TPSA) is 49.3 Å². The monoisotopic (exact) mass is 323 g/mol. The van der Waals surface area contributed by atoms with Gasteiger partial charge < -0.3 is 10.4 Å². The molecule has 0 bridgehead atoms. The maximum absolute atomic E-state index is 12.8. The van der Waals surface area contributed by atoms with Crippen LogP contribution in [0.2, 0.25) is 0 Å². The number of benzene rings is 2. The van der Waals surface area contributed by atoms with Crippen LogP contribution in [0.25, 0.3) is 0 Å². The van der Waals surface area contributed by atoms with E-state index in [1.54, 1.807) is 19.1 Å². The number of hydrogen-bond acceptors (Lipinski definition) is 2. The molecule has 2 rings (SSSR count). The summed E-state index contributed by atoms with van der Waals surface area (Å²) >= 11 is 3.20. The van der Waals surface area contributed by atoms with Crippen LogP contribution in [0.4, 0.5) is 10.1 Å². The lowest BCUT2D eigenvalue weighted by atomic mass is 10.1. The van der Waals surface area contributed by atoms with Gasteiger partial charge in [-0.3, -0.25) is 4.79 Å². The van der Waals surface area contributed by atoms with Gasteiger partial charge in [-0.15, -0.1) is 0 Å². The number of halogens is 2. The zero-order chi connectivity index (χ0) is 14.0. The summed E-state index contributed by atoms with van der Waals surface area (Å²) < 4.78 is 13.3. The first-order valence-corrected chi connectivity index (χ1v) is 6.32. The Balaban J connectivity index is 2.22. The van der Waals surface area contributed by atoms with Crippen molar-refractivity contribution < 1.29 is 14.3 Å². The van der Waals surface area contributed by atoms with Gasteiger partial charge in [0, 0.05) is 11.3 Å². The molecule has 0 aliphatic heterocycles. The summed E-state index contributed by atoms with van der Waals surface area (Å²) in [6, 6.07) is 8.53. The van der Waals surface area contributed by atoms with Crippen molar-refractivity contribution >= 4 is 27.5 Å². The van der Waals surface area contributed by atoms with Crippen molar-refractivity contribution in [3.63, 3.8) is 0 Å². The van der Waals surface area contributed by atoms with Gasteiger partial charge in [0.15, 0.2) is 0 Å². The summed E-state index contributed by atoms with van der Waals surface area (Å²) in [5.74, 6) is -0.587. The zero-order valence-corrected chi connectivity index (χ0v) is 11.7. The first kappa shape index (κ1) is 13.5. The molecule has 0 spiro atoms. The van der Waals surface area contributed by atoms with Gasteiger partial charge in [-0.05, 0) is 64.8 Å². The van der Waals surface area contributed by atoms with E-state index in [-0.39, 0.29) is 17.5 Å². The fraction of sp³-hybridized carbons (Fsp3) is 0.0714. The van der Waals surface area contributed by atoms with Crippen molar-refractivity contribution in [2.45, 2.75) is 6.92 Å². The lowest BCUT2D eigenvalue weighted by molar-refractivity contribution is 0.102. The van der Waals surface area contributed by atoms with Gasteiger partial charge in [-0.1, -0.05) is 0 Å². The molecular weight excluding hydrogens is 313 g/mol. The number of aryl methyl sites for hydroxylation is 1. The standard InChI is InChI=1S/C14H11BrFNO2/c1-8-6-11(7-12(15)13(8)18)17-14(19)9-2-4-10(16)5-3-9/h2-7,18H,1H3,(H,17,19). The van der Waals surface area contributed by atoms with Crippen LogP contribution >= 0.6 is 15.9 Å². The minimum atomic E-state index is -0.389. The summed E-state index contributed by atoms with van der Waals surface area (Å²) in [5, 5.41) is 12.3. The molecule has 0 aliphatic carbocycles. The number of aromatic hydroxyl groups is 1. The highest BCUT2D eigenvalue weighted by atomic mass is 79.9. The maximum Gasteiger partial charge on any atom is 0.255 e. The van der Waals surface area contributed by atoms with Crippen molar-refractivity contribution in [3.8, 4) is 5.75 Å². The van der Waals surface area contributed by atoms with E-state index in [4.69, 9.17) is 0 Å². The van der Waals surface area contributed by atoms with Crippen LogP contribution in [-0.4, -0.2) is 11.0 Å². The minimum Gasteiger partial charge on any atom is -0.506 e. The van der Waals surface area contributed by atoms with E-state index in [1.165, 1.54) is 24.3 Å². The van der Waals surface area contributed by atoms with Crippen molar-refractivity contribution in [2.75, 3.05) is 5.32 Å². The van der Waals surface area contributed by atoms with Gasteiger partial charge >= 0.3 is 0 Å². The molecule has 0 radical (unpaired) electrons. The Bertz CT molecular complexity index is 603. The molecule has 98 valence electrons. The van der Waals surface area contributed by atoms with E-state index in [2.05, 4.69) is 21.2 Å². The quantitative estimate of drug-likeness (QED) is 0.824. The summed E-state index contributed by atoms with van der Waals surface area (Å²) in [4.78, 5) is 11.9. The lowest BCUT2D eigenvalue weighted by Gasteiger charge is -2.09. The van der Waals surface area contributed by atoms with E-state index in [9.17, 15) is 14.3 Å². The highest BCUT2D eigenvalue weighted by Crippen LogP contribution is 2.31. The minimum absolute atomic E-state index is 0.139. The van der Waals surface area contributed by atoms with Crippen molar-refractivity contribution in [1.29, 1.82) is 0 Å². The van der Waals surface area contributed by atoms with Crippen LogP contribution < -0.4 is 5.32 Å². The second-order valence-corrected chi connectivity index (χ2v) is 4.94. The van der Waals surface area contributed by atoms with Gasteiger partial charge in [0.05, 0.1) is 4.47 Å². The molecule has 0 aromatic heterocycles. The van der Waals surface area contributed by atoms with Crippen LogP contribution in [0, 0.1) is 12.7 Å². The molecule has 0 aliphatic rings. The normalized spacial score (nSPS) is 10.3. The second-order valence-electron chi connectivity index (χ2n) is 4.08. The molecule has 2 aromatic rings. The molecule has 2 N–H and O–H groups in total. The number of hydrogen-bond donors (Lipinski definition) is 2. The maximum atomic E-state index is 12.8. The Morgan fingerprint density at radius 3 is 2.47 bits per heavy atom. The van der Waals surface area contributed by atoms with E-state index in [0.29, 0.717) is 21.3 Å². The molecular formula is C14H11BrFNO2. The number of carbonyl (C=O) groups is 1. The second kappa shape index (κ2) is 5.40. The van der Waals surface area contributed by atoms with Gasteiger partial charge in [0.1, 0.15) is 11.6 Å². The molecule has 5 heteroatoms. The Morgan fingerprint density at radius 1 is 1.26 bits per heavy atom. The number of phenols is 1. The fourth-order valence-corrected chi connectivity index (χ4v) is 2.17. The third-order valence-corrected chi connectivity index (χ3v) is 3.22. The third kappa shape index (κ3) is 3.12. The van der Waals surface area contributed by atoms with Crippen LogP contribution in [-0.2, 0) is 0 Å². The number of carbonyl (C=O) groups excluding carboxylic acids is 1. The molecule has 0 fully saturated rings. The molecule has 0 saturated heterocycles.